The Morgan fingerprint density at radius 2 is 0.485 bits per heavy atom. The summed E-state index contributed by atoms with van der Waals surface area (Å²) in [6.45, 7) is -1.64. The quantitative estimate of drug-likeness (QED) is 0.260. The zero-order chi connectivity index (χ0) is 26.9. The number of alkyl halides is 16. The molecule has 0 aliphatic carbocycles. The lowest BCUT2D eigenvalue weighted by atomic mass is 10.4. The lowest BCUT2D eigenvalue weighted by molar-refractivity contribution is -0.580. The van der Waals surface area contributed by atoms with Crippen molar-refractivity contribution in [2.45, 2.75) is 62.7 Å². The van der Waals surface area contributed by atoms with Crippen LogP contribution in [0.25, 0.3) is 0 Å². The van der Waals surface area contributed by atoms with Crippen LogP contribution in [0.5, 0.6) is 0 Å². The van der Waals surface area contributed by atoms with Crippen LogP contribution in [-0.4, -0.2) is 62.1 Å². The third-order valence-corrected chi connectivity index (χ3v) is 2.78. The highest BCUT2D eigenvalue weighted by atomic mass is 19.4. The SMILES string of the molecule is CCOC(F)(F)C(F)(F)OC(F)(F)C(F)(F)OC(F)(F)C(F)(F)OC(F)(F)C(F)(F)OCC. The summed E-state index contributed by atoms with van der Waals surface area (Å²) < 4.78 is 219. The van der Waals surface area contributed by atoms with Gasteiger partial charge in [0, 0.05) is 0 Å². The molecule has 5 nitrogen and oxygen atoms in total. The predicted molar refractivity (Wildman–Crippen MR) is 66.1 cm³/mol. The summed E-state index contributed by atoms with van der Waals surface area (Å²) in [5, 5.41) is 0. The summed E-state index contributed by atoms with van der Waals surface area (Å²) in [4.78, 5) is 0. The van der Waals surface area contributed by atoms with Crippen LogP contribution in [0.1, 0.15) is 13.8 Å². The first-order valence-corrected chi connectivity index (χ1v) is 7.65. The molecule has 0 spiro atoms. The Morgan fingerprint density at radius 1 is 0.333 bits per heavy atom. The predicted octanol–water partition coefficient (Wildman–Crippen LogP) is 5.85. The number of hydrogen-bond donors (Lipinski definition) is 0. The van der Waals surface area contributed by atoms with E-state index in [-0.39, 0.29) is 0 Å². The molecule has 0 saturated carbocycles. The molecule has 33 heavy (non-hydrogen) atoms. The molecule has 0 aliphatic heterocycles. The van der Waals surface area contributed by atoms with Crippen LogP contribution >= 0.6 is 0 Å². The average molecular weight is 538 g/mol. The minimum absolute atomic E-state index is 0.563. The van der Waals surface area contributed by atoms with Crippen LogP contribution in [0.2, 0.25) is 0 Å². The van der Waals surface area contributed by atoms with E-state index in [0.29, 0.717) is 13.8 Å². The van der Waals surface area contributed by atoms with Gasteiger partial charge in [-0.25, -0.2) is 14.2 Å². The maximum Gasteiger partial charge on any atom is 0.453 e. The van der Waals surface area contributed by atoms with Crippen molar-refractivity contribution in [1.29, 1.82) is 0 Å². The van der Waals surface area contributed by atoms with Gasteiger partial charge in [-0.2, -0.15) is 70.2 Å². The van der Waals surface area contributed by atoms with Crippen molar-refractivity contribution in [3.63, 3.8) is 0 Å². The van der Waals surface area contributed by atoms with Gasteiger partial charge in [0.2, 0.25) is 0 Å². The first kappa shape index (κ1) is 31.7. The number of hydrogen-bond acceptors (Lipinski definition) is 5. The molecule has 0 aromatic carbocycles. The molecule has 0 heterocycles. The van der Waals surface area contributed by atoms with Gasteiger partial charge in [-0.1, -0.05) is 0 Å². The average Bonchev–Trinajstić information content (AvgIpc) is 2.50. The van der Waals surface area contributed by atoms with Crippen LogP contribution in [-0.2, 0) is 23.7 Å². The summed E-state index contributed by atoms with van der Waals surface area (Å²) in [6.07, 6.45) is -55.3. The highest BCUT2D eigenvalue weighted by molar-refractivity contribution is 4.80. The highest BCUT2D eigenvalue weighted by Gasteiger charge is 2.77. The van der Waals surface area contributed by atoms with Crippen LogP contribution < -0.4 is 0 Å². The van der Waals surface area contributed by atoms with Gasteiger partial charge in [-0.15, -0.1) is 0 Å². The third kappa shape index (κ3) is 6.85. The summed E-state index contributed by atoms with van der Waals surface area (Å²) >= 11 is 0. The molecular formula is C12H10F16O5. The lowest BCUT2D eigenvalue weighted by Gasteiger charge is -2.35. The van der Waals surface area contributed by atoms with Crippen LogP contribution in [0.4, 0.5) is 70.2 Å². The molecule has 0 aliphatic rings. The van der Waals surface area contributed by atoms with E-state index in [1.807, 2.05) is 0 Å². The molecule has 0 aromatic heterocycles. The maximum absolute atomic E-state index is 13.2. The van der Waals surface area contributed by atoms with Gasteiger partial charge >= 0.3 is 48.9 Å². The van der Waals surface area contributed by atoms with Gasteiger partial charge < -0.3 is 9.47 Å². The minimum atomic E-state index is -7.44. The van der Waals surface area contributed by atoms with Gasteiger partial charge in [0.25, 0.3) is 0 Å². The summed E-state index contributed by atoms with van der Waals surface area (Å²) in [5.74, 6) is 0. The second-order valence-corrected chi connectivity index (χ2v) is 5.31. The fourth-order valence-corrected chi connectivity index (χ4v) is 1.37. The molecule has 0 atom stereocenters. The Kier molecular flexibility index (Phi) is 9.00. The molecule has 0 radical (unpaired) electrons. The van der Waals surface area contributed by atoms with Crippen molar-refractivity contribution in [3.8, 4) is 0 Å². The molecular weight excluding hydrogens is 528 g/mol. The monoisotopic (exact) mass is 538 g/mol. The largest absolute Gasteiger partial charge is 0.453 e. The van der Waals surface area contributed by atoms with Gasteiger partial charge in [0.15, 0.2) is 0 Å². The summed E-state index contributed by atoms with van der Waals surface area (Å²) in [6, 6.07) is 0. The van der Waals surface area contributed by atoms with E-state index in [2.05, 4.69) is 9.47 Å². The summed E-state index contributed by atoms with van der Waals surface area (Å²) in [7, 11) is 0. The molecule has 21 heteroatoms. The van der Waals surface area contributed by atoms with E-state index in [1.165, 1.54) is 4.74 Å². The van der Waals surface area contributed by atoms with Crippen molar-refractivity contribution < 1.29 is 93.9 Å². The van der Waals surface area contributed by atoms with Crippen LogP contribution in [0.15, 0.2) is 0 Å². The zero-order valence-corrected chi connectivity index (χ0v) is 15.5. The first-order valence-electron chi connectivity index (χ1n) is 7.65. The van der Waals surface area contributed by atoms with Crippen molar-refractivity contribution in [2.75, 3.05) is 13.2 Å². The molecule has 200 valence electrons. The van der Waals surface area contributed by atoms with E-state index in [9.17, 15) is 70.2 Å². The van der Waals surface area contributed by atoms with Gasteiger partial charge in [-0.05, 0) is 13.8 Å². The van der Waals surface area contributed by atoms with E-state index in [0.717, 1.165) is 0 Å². The fraction of sp³-hybridized carbons (Fsp3) is 1.00. The van der Waals surface area contributed by atoms with E-state index in [1.54, 1.807) is 9.47 Å². The van der Waals surface area contributed by atoms with Gasteiger partial charge in [0.1, 0.15) is 0 Å². The Morgan fingerprint density at radius 3 is 0.636 bits per heavy atom. The van der Waals surface area contributed by atoms with E-state index < -0.39 is 62.1 Å². The molecule has 0 aromatic rings. The minimum Gasteiger partial charge on any atom is -0.314 e. The lowest BCUT2D eigenvalue weighted by Crippen LogP contribution is -2.60. The fourth-order valence-electron chi connectivity index (χ4n) is 1.37. The second-order valence-electron chi connectivity index (χ2n) is 5.31. The Bertz CT molecular complexity index is 598. The Labute approximate surface area is 171 Å². The summed E-state index contributed by atoms with van der Waals surface area (Å²) in [5.41, 5.74) is 0. The van der Waals surface area contributed by atoms with Crippen molar-refractivity contribution in [1.82, 2.24) is 0 Å². The van der Waals surface area contributed by atoms with Crippen molar-refractivity contribution >= 4 is 0 Å². The van der Waals surface area contributed by atoms with Gasteiger partial charge in [0.05, 0.1) is 13.2 Å². The molecule has 0 saturated heterocycles. The van der Waals surface area contributed by atoms with Crippen LogP contribution in [0, 0.1) is 0 Å². The highest BCUT2D eigenvalue weighted by Crippen LogP contribution is 2.51. The molecule has 0 amide bonds. The topological polar surface area (TPSA) is 46.2 Å². The third-order valence-electron chi connectivity index (χ3n) is 2.78. The molecule has 0 bridgehead atoms. The smallest absolute Gasteiger partial charge is 0.314 e. The molecule has 0 unspecified atom stereocenters. The van der Waals surface area contributed by atoms with E-state index in [4.69, 9.17) is 0 Å². The normalized spacial score (nSPS) is 15.8. The zero-order valence-electron chi connectivity index (χ0n) is 15.5. The molecule has 0 rings (SSSR count). The van der Waals surface area contributed by atoms with E-state index >= 15 is 0 Å². The maximum atomic E-state index is 13.2. The number of ether oxygens (including phenoxy) is 5. The first-order chi connectivity index (χ1) is 14.2. The Hall–Kier alpha value is -1.32. The van der Waals surface area contributed by atoms with Crippen molar-refractivity contribution in [3.05, 3.63) is 0 Å². The molecule has 0 fully saturated rings. The van der Waals surface area contributed by atoms with Crippen LogP contribution in [0.3, 0.4) is 0 Å². The molecule has 0 N–H and O–H groups in total. The standard InChI is InChI=1S/C12H10F16O5/c1-3-29-5(13,14)7(17,18)31-9(21,22)11(25,26)33-12(27,28)10(23,24)32-8(19,20)6(15,16)30-4-2/h3-4H2,1-2H3. The second kappa shape index (κ2) is 9.38. The van der Waals surface area contributed by atoms with Gasteiger partial charge in [-0.3, -0.25) is 0 Å². The van der Waals surface area contributed by atoms with Crippen molar-refractivity contribution in [2.24, 2.45) is 0 Å². The number of halogens is 16. The number of rotatable bonds is 14. The Balaban J connectivity index is 5.87.